The summed E-state index contributed by atoms with van der Waals surface area (Å²) in [6, 6.07) is 4.65. The first kappa shape index (κ1) is 13.0. The van der Waals surface area contributed by atoms with E-state index in [-0.39, 0.29) is 24.2 Å². The van der Waals surface area contributed by atoms with Crippen molar-refractivity contribution in [1.29, 1.82) is 0 Å². The van der Waals surface area contributed by atoms with E-state index in [4.69, 9.17) is 5.73 Å². The van der Waals surface area contributed by atoms with Gasteiger partial charge in [-0.25, -0.2) is 4.39 Å². The van der Waals surface area contributed by atoms with Crippen molar-refractivity contribution >= 4 is 5.91 Å². The van der Waals surface area contributed by atoms with Crippen molar-refractivity contribution in [2.24, 2.45) is 5.73 Å². The topological polar surface area (TPSA) is 46.3 Å². The smallest absolute Gasteiger partial charge is 0.227 e. The number of aryl methyl sites for hydroxylation is 1. The highest BCUT2D eigenvalue weighted by Gasteiger charge is 2.21. The third-order valence-electron chi connectivity index (χ3n) is 3.46. The zero-order valence-electron chi connectivity index (χ0n) is 10.7. The van der Waals surface area contributed by atoms with Gasteiger partial charge in [0.1, 0.15) is 5.82 Å². The molecule has 4 heteroatoms. The molecule has 98 valence electrons. The summed E-state index contributed by atoms with van der Waals surface area (Å²) in [5.74, 6) is -0.252. The summed E-state index contributed by atoms with van der Waals surface area (Å²) in [5.41, 5.74) is 7.57. The summed E-state index contributed by atoms with van der Waals surface area (Å²) >= 11 is 0. The summed E-state index contributed by atoms with van der Waals surface area (Å²) in [5, 5.41) is 0. The Balaban J connectivity index is 2.04. The number of benzene rings is 1. The molecule has 1 fully saturated rings. The number of rotatable bonds is 2. The maximum Gasteiger partial charge on any atom is 0.227 e. The van der Waals surface area contributed by atoms with Crippen LogP contribution in [0.15, 0.2) is 18.2 Å². The van der Waals surface area contributed by atoms with Gasteiger partial charge in [-0.2, -0.15) is 0 Å². The molecule has 0 aliphatic carbocycles. The summed E-state index contributed by atoms with van der Waals surface area (Å²) in [4.78, 5) is 13.9. The zero-order chi connectivity index (χ0) is 13.1. The Labute approximate surface area is 107 Å². The Morgan fingerprint density at radius 3 is 3.06 bits per heavy atom. The van der Waals surface area contributed by atoms with Gasteiger partial charge in [-0.05, 0) is 43.0 Å². The average molecular weight is 250 g/mol. The Morgan fingerprint density at radius 2 is 2.33 bits per heavy atom. The fourth-order valence-corrected chi connectivity index (χ4v) is 2.34. The maximum absolute atomic E-state index is 13.2. The molecule has 2 N–H and O–H groups in total. The molecule has 0 bridgehead atoms. The lowest BCUT2D eigenvalue weighted by molar-refractivity contribution is -0.131. The van der Waals surface area contributed by atoms with E-state index in [2.05, 4.69) is 0 Å². The number of hydrogen-bond donors (Lipinski definition) is 1. The fourth-order valence-electron chi connectivity index (χ4n) is 2.34. The molecule has 3 nitrogen and oxygen atoms in total. The molecule has 1 aromatic carbocycles. The molecule has 2 rings (SSSR count). The standard InChI is InChI=1S/C14H19FN2O/c1-10-4-5-12(15)7-11(10)8-14(18)17-6-2-3-13(16)9-17/h4-5,7,13H,2-3,6,8-9,16H2,1H3/t13-/m0/s1. The first-order valence-electron chi connectivity index (χ1n) is 6.34. The normalized spacial score (nSPS) is 19.9. The molecule has 1 aliphatic rings. The minimum atomic E-state index is -0.293. The van der Waals surface area contributed by atoms with E-state index in [9.17, 15) is 9.18 Å². The molecule has 0 radical (unpaired) electrons. The van der Waals surface area contributed by atoms with Gasteiger partial charge in [0.05, 0.1) is 6.42 Å². The van der Waals surface area contributed by atoms with Gasteiger partial charge in [0, 0.05) is 19.1 Å². The Hall–Kier alpha value is -1.42. The van der Waals surface area contributed by atoms with Crippen LogP contribution < -0.4 is 5.73 Å². The Morgan fingerprint density at radius 1 is 1.56 bits per heavy atom. The summed E-state index contributed by atoms with van der Waals surface area (Å²) in [6.45, 7) is 3.28. The van der Waals surface area contributed by atoms with Crippen LogP contribution in [-0.2, 0) is 11.2 Å². The second kappa shape index (κ2) is 5.48. The molecule has 1 aliphatic heterocycles. The summed E-state index contributed by atoms with van der Waals surface area (Å²) in [6.07, 6.45) is 2.19. The maximum atomic E-state index is 13.2. The van der Waals surface area contributed by atoms with Crippen LogP contribution in [0.4, 0.5) is 4.39 Å². The number of carbonyl (C=O) groups excluding carboxylic acids is 1. The number of nitrogens with two attached hydrogens (primary N) is 1. The van der Waals surface area contributed by atoms with E-state index >= 15 is 0 Å². The highest BCUT2D eigenvalue weighted by molar-refractivity contribution is 5.79. The van der Waals surface area contributed by atoms with Gasteiger partial charge < -0.3 is 10.6 Å². The largest absolute Gasteiger partial charge is 0.341 e. The molecule has 0 unspecified atom stereocenters. The monoisotopic (exact) mass is 250 g/mol. The number of hydrogen-bond acceptors (Lipinski definition) is 2. The van der Waals surface area contributed by atoms with Gasteiger partial charge in [0.25, 0.3) is 0 Å². The highest BCUT2D eigenvalue weighted by Crippen LogP contribution is 2.14. The zero-order valence-corrected chi connectivity index (χ0v) is 10.7. The molecule has 0 saturated carbocycles. The van der Waals surface area contributed by atoms with Crippen LogP contribution in [0.25, 0.3) is 0 Å². The molecular formula is C14H19FN2O. The first-order valence-corrected chi connectivity index (χ1v) is 6.34. The fraction of sp³-hybridized carbons (Fsp3) is 0.500. The van der Waals surface area contributed by atoms with E-state index in [1.165, 1.54) is 12.1 Å². The van der Waals surface area contributed by atoms with Gasteiger partial charge in [-0.15, -0.1) is 0 Å². The van der Waals surface area contributed by atoms with Crippen molar-refractivity contribution in [2.45, 2.75) is 32.2 Å². The summed E-state index contributed by atoms with van der Waals surface area (Å²) in [7, 11) is 0. The quantitative estimate of drug-likeness (QED) is 0.867. The molecule has 1 amide bonds. The molecular weight excluding hydrogens is 231 g/mol. The van der Waals surface area contributed by atoms with Gasteiger partial charge in [-0.1, -0.05) is 6.07 Å². The van der Waals surface area contributed by atoms with Crippen molar-refractivity contribution < 1.29 is 9.18 Å². The number of carbonyl (C=O) groups is 1. The number of likely N-dealkylation sites (tertiary alicyclic amines) is 1. The van der Waals surface area contributed by atoms with Crippen LogP contribution >= 0.6 is 0 Å². The Bertz CT molecular complexity index is 447. The van der Waals surface area contributed by atoms with Crippen LogP contribution in [0.2, 0.25) is 0 Å². The second-order valence-corrected chi connectivity index (χ2v) is 4.99. The van der Waals surface area contributed by atoms with Gasteiger partial charge in [-0.3, -0.25) is 4.79 Å². The predicted molar refractivity (Wildman–Crippen MR) is 68.6 cm³/mol. The third-order valence-corrected chi connectivity index (χ3v) is 3.46. The van der Waals surface area contributed by atoms with E-state index < -0.39 is 0 Å². The molecule has 18 heavy (non-hydrogen) atoms. The Kier molecular flexibility index (Phi) is 3.97. The third kappa shape index (κ3) is 3.07. The molecule has 1 atom stereocenters. The molecule has 1 saturated heterocycles. The second-order valence-electron chi connectivity index (χ2n) is 4.99. The van der Waals surface area contributed by atoms with E-state index in [1.54, 1.807) is 11.0 Å². The molecule has 1 heterocycles. The molecule has 0 aromatic heterocycles. The van der Waals surface area contributed by atoms with Crippen molar-refractivity contribution in [1.82, 2.24) is 4.90 Å². The lowest BCUT2D eigenvalue weighted by Gasteiger charge is -2.31. The van der Waals surface area contributed by atoms with Crippen molar-refractivity contribution in [3.8, 4) is 0 Å². The van der Waals surface area contributed by atoms with E-state index in [0.29, 0.717) is 6.54 Å². The van der Waals surface area contributed by atoms with Crippen LogP contribution in [0, 0.1) is 12.7 Å². The predicted octanol–water partition coefficient (Wildman–Crippen LogP) is 1.63. The number of amides is 1. The van der Waals surface area contributed by atoms with Crippen LogP contribution in [0.5, 0.6) is 0 Å². The SMILES string of the molecule is Cc1ccc(F)cc1CC(=O)N1CCC[C@H](N)C1. The van der Waals surface area contributed by atoms with E-state index in [1.807, 2.05) is 6.92 Å². The van der Waals surface area contributed by atoms with Crippen molar-refractivity contribution in [3.63, 3.8) is 0 Å². The van der Waals surface area contributed by atoms with Gasteiger partial charge >= 0.3 is 0 Å². The van der Waals surface area contributed by atoms with Crippen LogP contribution in [0.3, 0.4) is 0 Å². The minimum Gasteiger partial charge on any atom is -0.341 e. The van der Waals surface area contributed by atoms with Gasteiger partial charge in [0.15, 0.2) is 0 Å². The average Bonchev–Trinajstić information content (AvgIpc) is 2.34. The number of halogens is 1. The van der Waals surface area contributed by atoms with E-state index in [0.717, 1.165) is 30.5 Å². The number of piperidine rings is 1. The lowest BCUT2D eigenvalue weighted by atomic mass is 10.0. The summed E-state index contributed by atoms with van der Waals surface area (Å²) < 4.78 is 13.2. The highest BCUT2D eigenvalue weighted by atomic mass is 19.1. The minimum absolute atomic E-state index is 0.0406. The van der Waals surface area contributed by atoms with Crippen LogP contribution in [0.1, 0.15) is 24.0 Å². The van der Waals surface area contributed by atoms with Crippen LogP contribution in [-0.4, -0.2) is 29.9 Å². The molecule has 1 aromatic rings. The van der Waals surface area contributed by atoms with Crippen molar-refractivity contribution in [2.75, 3.05) is 13.1 Å². The molecule has 0 spiro atoms. The lowest BCUT2D eigenvalue weighted by Crippen LogP contribution is -2.46. The first-order chi connectivity index (χ1) is 8.56. The van der Waals surface area contributed by atoms with Gasteiger partial charge in [0.2, 0.25) is 5.91 Å². The van der Waals surface area contributed by atoms with Crippen molar-refractivity contribution in [3.05, 3.63) is 35.1 Å². The number of nitrogens with zero attached hydrogens (tertiary/aromatic N) is 1.